The molecule has 4 nitrogen and oxygen atoms in total. The first-order chi connectivity index (χ1) is 13.4. The van der Waals surface area contributed by atoms with E-state index in [9.17, 15) is 22.8 Å². The molecular weight excluding hydrogens is 369 g/mol. The van der Waals surface area contributed by atoms with Gasteiger partial charge in [0, 0.05) is 19.1 Å². The number of hydrogen-bond acceptors (Lipinski definition) is 2. The number of alkyl halides is 3. The van der Waals surface area contributed by atoms with Crippen LogP contribution in [0.1, 0.15) is 29.9 Å². The molecular formula is C21H21F3N2O2. The first-order valence-electron chi connectivity index (χ1n) is 9.12. The quantitative estimate of drug-likeness (QED) is 0.869. The number of benzene rings is 2. The van der Waals surface area contributed by atoms with Crippen LogP contribution in [-0.4, -0.2) is 42.0 Å². The van der Waals surface area contributed by atoms with E-state index in [-0.39, 0.29) is 5.91 Å². The third-order valence-electron chi connectivity index (χ3n) is 4.91. The van der Waals surface area contributed by atoms with Gasteiger partial charge in [0.1, 0.15) is 0 Å². The monoisotopic (exact) mass is 390 g/mol. The Kier molecular flexibility index (Phi) is 6.02. The van der Waals surface area contributed by atoms with Crippen molar-refractivity contribution < 1.29 is 22.8 Å². The van der Waals surface area contributed by atoms with E-state index in [2.05, 4.69) is 0 Å². The van der Waals surface area contributed by atoms with Crippen LogP contribution in [0.4, 0.5) is 13.2 Å². The highest BCUT2D eigenvalue weighted by atomic mass is 19.4. The fourth-order valence-corrected chi connectivity index (χ4v) is 3.46. The normalized spacial score (nSPS) is 15.5. The van der Waals surface area contributed by atoms with Crippen LogP contribution in [0, 0.1) is 0 Å². The number of rotatable bonds is 4. The Hall–Kier alpha value is -2.83. The van der Waals surface area contributed by atoms with Crippen LogP contribution >= 0.6 is 0 Å². The maximum Gasteiger partial charge on any atom is 0.471 e. The molecule has 2 aromatic carbocycles. The van der Waals surface area contributed by atoms with Crippen molar-refractivity contribution in [3.8, 4) is 0 Å². The fraction of sp³-hybridized carbons (Fsp3) is 0.333. The summed E-state index contributed by atoms with van der Waals surface area (Å²) in [4.78, 5) is 26.0. The van der Waals surface area contributed by atoms with E-state index in [1.165, 1.54) is 0 Å². The van der Waals surface area contributed by atoms with Crippen molar-refractivity contribution in [1.29, 1.82) is 0 Å². The first-order valence-corrected chi connectivity index (χ1v) is 9.12. The van der Waals surface area contributed by atoms with Crippen LogP contribution in [0.3, 0.4) is 0 Å². The number of carbonyl (C=O) groups excluding carboxylic acids is 2. The van der Waals surface area contributed by atoms with Crippen LogP contribution in [0.5, 0.6) is 0 Å². The van der Waals surface area contributed by atoms with E-state index >= 15 is 0 Å². The van der Waals surface area contributed by atoms with Crippen molar-refractivity contribution in [2.45, 2.75) is 31.0 Å². The molecule has 0 bridgehead atoms. The highest BCUT2D eigenvalue weighted by Crippen LogP contribution is 2.28. The Morgan fingerprint density at radius 3 is 1.79 bits per heavy atom. The SMILES string of the molecule is O=C(C(c1ccccc1)c1ccccc1)N1CCC(NC(=O)C(F)(F)F)CC1. The summed E-state index contributed by atoms with van der Waals surface area (Å²) in [7, 11) is 0. The van der Waals surface area contributed by atoms with Gasteiger partial charge in [-0.2, -0.15) is 13.2 Å². The summed E-state index contributed by atoms with van der Waals surface area (Å²) in [5.41, 5.74) is 1.73. The van der Waals surface area contributed by atoms with Gasteiger partial charge >= 0.3 is 12.1 Å². The molecule has 1 aliphatic rings. The molecule has 2 aromatic rings. The molecule has 0 aliphatic carbocycles. The lowest BCUT2D eigenvalue weighted by Crippen LogP contribution is -2.50. The number of nitrogens with zero attached hydrogens (tertiary/aromatic N) is 1. The van der Waals surface area contributed by atoms with Crippen LogP contribution in [-0.2, 0) is 9.59 Å². The van der Waals surface area contributed by atoms with E-state index < -0.39 is 24.0 Å². The molecule has 28 heavy (non-hydrogen) atoms. The van der Waals surface area contributed by atoms with E-state index in [0.717, 1.165) is 11.1 Å². The minimum atomic E-state index is -4.89. The zero-order valence-electron chi connectivity index (χ0n) is 15.2. The van der Waals surface area contributed by atoms with Gasteiger partial charge in [0.15, 0.2) is 0 Å². The van der Waals surface area contributed by atoms with Gasteiger partial charge in [-0.15, -0.1) is 0 Å². The lowest BCUT2D eigenvalue weighted by Gasteiger charge is -2.35. The number of amides is 2. The van der Waals surface area contributed by atoms with Crippen molar-refractivity contribution in [2.24, 2.45) is 0 Å². The topological polar surface area (TPSA) is 49.4 Å². The Labute approximate surface area is 161 Å². The Morgan fingerprint density at radius 1 is 0.893 bits per heavy atom. The predicted octanol–water partition coefficient (Wildman–Crippen LogP) is 3.49. The molecule has 1 fully saturated rings. The van der Waals surface area contributed by atoms with Gasteiger partial charge in [0.2, 0.25) is 5.91 Å². The summed E-state index contributed by atoms with van der Waals surface area (Å²) in [6.07, 6.45) is -4.30. The van der Waals surface area contributed by atoms with E-state index in [1.54, 1.807) is 4.90 Å². The average molecular weight is 390 g/mol. The van der Waals surface area contributed by atoms with Gasteiger partial charge in [-0.1, -0.05) is 60.7 Å². The highest BCUT2D eigenvalue weighted by molar-refractivity contribution is 5.87. The van der Waals surface area contributed by atoms with Crippen LogP contribution in [0.2, 0.25) is 0 Å². The minimum absolute atomic E-state index is 0.0852. The fourth-order valence-electron chi connectivity index (χ4n) is 3.46. The zero-order chi connectivity index (χ0) is 20.1. The van der Waals surface area contributed by atoms with Crippen molar-refractivity contribution in [3.63, 3.8) is 0 Å². The summed E-state index contributed by atoms with van der Waals surface area (Å²) in [5, 5.41) is 2.01. The lowest BCUT2D eigenvalue weighted by molar-refractivity contribution is -0.174. The third-order valence-corrected chi connectivity index (χ3v) is 4.91. The summed E-state index contributed by atoms with van der Waals surface area (Å²) in [6.45, 7) is 0.607. The van der Waals surface area contributed by atoms with Crippen LogP contribution in [0.15, 0.2) is 60.7 Å². The molecule has 0 radical (unpaired) electrons. The van der Waals surface area contributed by atoms with Crippen molar-refractivity contribution in [2.75, 3.05) is 13.1 Å². The number of likely N-dealkylation sites (tertiary alicyclic amines) is 1. The molecule has 1 saturated heterocycles. The molecule has 0 saturated carbocycles. The molecule has 148 valence electrons. The maximum atomic E-state index is 13.2. The molecule has 0 atom stereocenters. The molecule has 0 unspecified atom stereocenters. The van der Waals surface area contributed by atoms with Gasteiger partial charge in [-0.05, 0) is 24.0 Å². The van der Waals surface area contributed by atoms with Crippen LogP contribution in [0.25, 0.3) is 0 Å². The molecule has 0 aromatic heterocycles. The maximum absolute atomic E-state index is 13.2. The second-order valence-electron chi connectivity index (χ2n) is 6.83. The number of piperidine rings is 1. The molecule has 1 aliphatic heterocycles. The zero-order valence-corrected chi connectivity index (χ0v) is 15.2. The smallest absolute Gasteiger partial charge is 0.345 e. The van der Waals surface area contributed by atoms with Gasteiger partial charge in [-0.25, -0.2) is 0 Å². The van der Waals surface area contributed by atoms with Gasteiger partial charge in [0.25, 0.3) is 0 Å². The van der Waals surface area contributed by atoms with E-state index in [0.29, 0.717) is 25.9 Å². The molecule has 0 spiro atoms. The Bertz CT molecular complexity index is 762. The summed E-state index contributed by atoms with van der Waals surface area (Å²) < 4.78 is 37.2. The summed E-state index contributed by atoms with van der Waals surface area (Å²) in [6, 6.07) is 18.2. The molecule has 7 heteroatoms. The van der Waals surface area contributed by atoms with Crippen molar-refractivity contribution in [3.05, 3.63) is 71.8 Å². The van der Waals surface area contributed by atoms with Gasteiger partial charge in [-0.3, -0.25) is 9.59 Å². The summed E-state index contributed by atoms with van der Waals surface area (Å²) >= 11 is 0. The Balaban J connectivity index is 1.71. The van der Waals surface area contributed by atoms with Gasteiger partial charge < -0.3 is 10.2 Å². The molecule has 3 rings (SSSR count). The van der Waals surface area contributed by atoms with Crippen LogP contribution < -0.4 is 5.32 Å². The van der Waals surface area contributed by atoms with Crippen molar-refractivity contribution in [1.82, 2.24) is 10.2 Å². The number of halogens is 3. The number of carbonyl (C=O) groups is 2. The number of hydrogen-bond donors (Lipinski definition) is 1. The largest absolute Gasteiger partial charge is 0.471 e. The molecule has 2 amide bonds. The third kappa shape index (κ3) is 4.71. The first kappa shape index (κ1) is 19.9. The standard InChI is InChI=1S/C21H21F3N2O2/c22-21(23,24)20(28)25-17-11-13-26(14-12-17)19(27)18(15-7-3-1-4-8-15)16-9-5-2-6-10-16/h1-10,17-18H,11-14H2,(H,25,28). The predicted molar refractivity (Wildman–Crippen MR) is 98.5 cm³/mol. The second-order valence-corrected chi connectivity index (χ2v) is 6.83. The average Bonchev–Trinajstić information content (AvgIpc) is 2.69. The van der Waals surface area contributed by atoms with Crippen molar-refractivity contribution >= 4 is 11.8 Å². The highest BCUT2D eigenvalue weighted by Gasteiger charge is 2.40. The second kappa shape index (κ2) is 8.46. The van der Waals surface area contributed by atoms with E-state index in [1.807, 2.05) is 66.0 Å². The number of nitrogens with one attached hydrogen (secondary N) is 1. The van der Waals surface area contributed by atoms with Gasteiger partial charge in [0.05, 0.1) is 5.92 Å². The summed E-state index contributed by atoms with van der Waals surface area (Å²) in [5.74, 6) is -2.48. The minimum Gasteiger partial charge on any atom is -0.345 e. The lowest BCUT2D eigenvalue weighted by atomic mass is 9.89. The Morgan fingerprint density at radius 2 is 1.36 bits per heavy atom. The van der Waals surface area contributed by atoms with E-state index in [4.69, 9.17) is 0 Å². The molecule has 1 heterocycles. The molecule has 1 N–H and O–H groups in total.